The van der Waals surface area contributed by atoms with Crippen LogP contribution in [-0.4, -0.2) is 47.2 Å². The molecule has 0 aromatic carbocycles. The second-order valence-corrected chi connectivity index (χ2v) is 6.75. The second-order valence-electron chi connectivity index (χ2n) is 6.75. The molecule has 1 heterocycles. The summed E-state index contributed by atoms with van der Waals surface area (Å²) in [6, 6.07) is 0.188. The summed E-state index contributed by atoms with van der Waals surface area (Å²) < 4.78 is 0. The lowest BCUT2D eigenvalue weighted by Gasteiger charge is -2.29. The summed E-state index contributed by atoms with van der Waals surface area (Å²) in [5.74, 6) is 0.781. The van der Waals surface area contributed by atoms with E-state index in [1.54, 1.807) is 6.92 Å². The van der Waals surface area contributed by atoms with E-state index >= 15 is 0 Å². The third kappa shape index (κ3) is 4.77. The minimum atomic E-state index is -0.800. The quantitative estimate of drug-likeness (QED) is 0.744. The van der Waals surface area contributed by atoms with E-state index in [1.165, 1.54) is 0 Å². The Morgan fingerprint density at radius 2 is 1.89 bits per heavy atom. The van der Waals surface area contributed by atoms with Gasteiger partial charge in [0, 0.05) is 19.1 Å². The topological polar surface area (TPSA) is 52.6 Å². The molecule has 3 atom stereocenters. The van der Waals surface area contributed by atoms with Crippen molar-refractivity contribution in [2.75, 3.05) is 19.6 Å². The van der Waals surface area contributed by atoms with Gasteiger partial charge >= 0.3 is 5.97 Å². The molecular formula is C15H30N2O2. The van der Waals surface area contributed by atoms with Crippen LogP contribution in [0.3, 0.4) is 0 Å². The summed E-state index contributed by atoms with van der Waals surface area (Å²) >= 11 is 0. The van der Waals surface area contributed by atoms with Crippen molar-refractivity contribution in [1.82, 2.24) is 10.2 Å². The molecule has 112 valence electrons. The van der Waals surface area contributed by atoms with Crippen molar-refractivity contribution in [3.8, 4) is 0 Å². The highest BCUT2D eigenvalue weighted by atomic mass is 16.4. The first-order valence-corrected chi connectivity index (χ1v) is 7.48. The summed E-state index contributed by atoms with van der Waals surface area (Å²) in [6.07, 6.45) is 1.61. The van der Waals surface area contributed by atoms with Gasteiger partial charge in [-0.3, -0.25) is 10.1 Å². The van der Waals surface area contributed by atoms with Gasteiger partial charge in [-0.25, -0.2) is 0 Å². The first kappa shape index (κ1) is 16.4. The Bertz CT molecular complexity index is 297. The lowest BCUT2D eigenvalue weighted by Crippen LogP contribution is -2.52. The summed E-state index contributed by atoms with van der Waals surface area (Å²) in [6.45, 7) is 13.7. The molecule has 0 radical (unpaired) electrons. The molecule has 1 aliphatic heterocycles. The fraction of sp³-hybridized carbons (Fsp3) is 0.933. The van der Waals surface area contributed by atoms with Gasteiger partial charge in [0.1, 0.15) is 5.54 Å². The van der Waals surface area contributed by atoms with Gasteiger partial charge in [-0.1, -0.05) is 13.8 Å². The molecule has 1 aliphatic rings. The number of hydrogen-bond acceptors (Lipinski definition) is 3. The molecule has 0 aromatic heterocycles. The number of carboxylic acid groups (broad SMARTS) is 1. The number of carboxylic acids is 1. The normalized spacial score (nSPS) is 27.7. The Hall–Kier alpha value is -0.610. The molecular weight excluding hydrogens is 240 g/mol. The molecule has 0 aromatic rings. The first-order valence-electron chi connectivity index (χ1n) is 7.48. The largest absolute Gasteiger partial charge is 0.480 e. The van der Waals surface area contributed by atoms with Crippen molar-refractivity contribution < 1.29 is 9.90 Å². The van der Waals surface area contributed by atoms with Crippen LogP contribution in [0.5, 0.6) is 0 Å². The average Bonchev–Trinajstić information content (AvgIpc) is 2.57. The molecule has 1 rings (SSSR count). The van der Waals surface area contributed by atoms with Crippen molar-refractivity contribution in [2.45, 2.75) is 59.0 Å². The van der Waals surface area contributed by atoms with Crippen LogP contribution in [0.15, 0.2) is 0 Å². The molecule has 4 nitrogen and oxygen atoms in total. The van der Waals surface area contributed by atoms with Crippen LogP contribution in [0.25, 0.3) is 0 Å². The lowest BCUT2D eigenvalue weighted by molar-refractivity contribution is -0.144. The highest BCUT2D eigenvalue weighted by Gasteiger charge is 2.33. The third-order valence-electron chi connectivity index (χ3n) is 4.29. The first-order chi connectivity index (χ1) is 8.74. The maximum atomic E-state index is 11.4. The minimum absolute atomic E-state index is 0.188. The minimum Gasteiger partial charge on any atom is -0.480 e. The second kappa shape index (κ2) is 6.71. The van der Waals surface area contributed by atoms with E-state index in [2.05, 4.69) is 24.1 Å². The van der Waals surface area contributed by atoms with Crippen LogP contribution >= 0.6 is 0 Å². The number of carbonyl (C=O) groups is 1. The molecule has 2 N–H and O–H groups in total. The van der Waals surface area contributed by atoms with E-state index in [4.69, 9.17) is 0 Å². The van der Waals surface area contributed by atoms with Gasteiger partial charge in [0.25, 0.3) is 0 Å². The Morgan fingerprint density at radius 3 is 2.32 bits per heavy atom. The summed E-state index contributed by atoms with van der Waals surface area (Å²) in [7, 11) is 0. The van der Waals surface area contributed by atoms with Crippen molar-refractivity contribution in [2.24, 2.45) is 11.8 Å². The smallest absolute Gasteiger partial charge is 0.323 e. The number of likely N-dealkylation sites (tertiary alicyclic amines) is 1. The number of hydrogen-bond donors (Lipinski definition) is 2. The van der Waals surface area contributed by atoms with E-state index in [-0.39, 0.29) is 6.04 Å². The number of rotatable bonds is 7. The molecule has 4 heteroatoms. The van der Waals surface area contributed by atoms with E-state index in [9.17, 15) is 9.90 Å². The van der Waals surface area contributed by atoms with E-state index in [0.29, 0.717) is 6.42 Å². The van der Waals surface area contributed by atoms with Gasteiger partial charge in [0.15, 0.2) is 0 Å². The molecule has 0 saturated carbocycles. The Kier molecular flexibility index (Phi) is 5.81. The Labute approximate surface area is 117 Å². The van der Waals surface area contributed by atoms with Crippen LogP contribution < -0.4 is 5.32 Å². The van der Waals surface area contributed by atoms with Crippen LogP contribution in [0.2, 0.25) is 0 Å². The van der Waals surface area contributed by atoms with Gasteiger partial charge in [-0.15, -0.1) is 0 Å². The standard InChI is InChI=1S/C15H30N2O2/c1-11(2)16-15(5,14(18)19)7-6-8-17-9-12(3)13(4)10-17/h11-13,16H,6-10H2,1-5H3,(H,18,19). The molecule has 1 fully saturated rings. The highest BCUT2D eigenvalue weighted by Crippen LogP contribution is 2.23. The van der Waals surface area contributed by atoms with Crippen molar-refractivity contribution in [3.63, 3.8) is 0 Å². The zero-order chi connectivity index (χ0) is 14.6. The van der Waals surface area contributed by atoms with Gasteiger partial charge in [-0.2, -0.15) is 0 Å². The van der Waals surface area contributed by atoms with Gasteiger partial charge < -0.3 is 10.0 Å². The summed E-state index contributed by atoms with van der Waals surface area (Å²) in [5.41, 5.74) is -0.800. The predicted molar refractivity (Wildman–Crippen MR) is 78.3 cm³/mol. The number of nitrogens with one attached hydrogen (secondary N) is 1. The van der Waals surface area contributed by atoms with Gasteiger partial charge in [0.05, 0.1) is 0 Å². The van der Waals surface area contributed by atoms with Crippen molar-refractivity contribution in [1.29, 1.82) is 0 Å². The average molecular weight is 270 g/mol. The van der Waals surface area contributed by atoms with Gasteiger partial charge in [0.2, 0.25) is 0 Å². The molecule has 0 bridgehead atoms. The fourth-order valence-electron chi connectivity index (χ4n) is 2.97. The predicted octanol–water partition coefficient (Wildman–Crippen LogP) is 2.20. The number of aliphatic carboxylic acids is 1. The van der Waals surface area contributed by atoms with Crippen LogP contribution in [-0.2, 0) is 4.79 Å². The maximum absolute atomic E-state index is 11.4. The lowest BCUT2D eigenvalue weighted by atomic mass is 9.94. The molecule has 3 unspecified atom stereocenters. The highest BCUT2D eigenvalue weighted by molar-refractivity contribution is 5.78. The maximum Gasteiger partial charge on any atom is 0.323 e. The van der Waals surface area contributed by atoms with E-state index in [0.717, 1.165) is 37.9 Å². The van der Waals surface area contributed by atoms with E-state index in [1.807, 2.05) is 13.8 Å². The number of nitrogens with zero attached hydrogens (tertiary/aromatic N) is 1. The molecule has 19 heavy (non-hydrogen) atoms. The van der Waals surface area contributed by atoms with E-state index < -0.39 is 11.5 Å². The van der Waals surface area contributed by atoms with Crippen LogP contribution in [0.4, 0.5) is 0 Å². The molecule has 0 amide bonds. The van der Waals surface area contributed by atoms with Gasteiger partial charge in [-0.05, 0) is 52.0 Å². The summed E-state index contributed by atoms with van der Waals surface area (Å²) in [4.78, 5) is 13.9. The molecule has 0 spiro atoms. The van der Waals surface area contributed by atoms with Crippen LogP contribution in [0.1, 0.15) is 47.5 Å². The zero-order valence-electron chi connectivity index (χ0n) is 13.1. The monoisotopic (exact) mass is 270 g/mol. The SMILES string of the molecule is CC(C)NC(C)(CCCN1CC(C)C(C)C1)C(=O)O. The van der Waals surface area contributed by atoms with Crippen LogP contribution in [0, 0.1) is 11.8 Å². The van der Waals surface area contributed by atoms with Crippen molar-refractivity contribution >= 4 is 5.97 Å². The Balaban J connectivity index is 2.39. The zero-order valence-corrected chi connectivity index (χ0v) is 13.1. The molecule has 0 aliphatic carbocycles. The summed E-state index contributed by atoms with van der Waals surface area (Å²) in [5, 5.41) is 12.6. The Morgan fingerprint density at radius 1 is 1.37 bits per heavy atom. The van der Waals surface area contributed by atoms with Crippen molar-refractivity contribution in [3.05, 3.63) is 0 Å². The fourth-order valence-corrected chi connectivity index (χ4v) is 2.97. The molecule has 1 saturated heterocycles. The third-order valence-corrected chi connectivity index (χ3v) is 4.29.